The molecule has 1 fully saturated rings. The lowest BCUT2D eigenvalue weighted by molar-refractivity contribution is 0.0287. The summed E-state index contributed by atoms with van der Waals surface area (Å²) in [7, 11) is 1.85. The first-order valence-electron chi connectivity index (χ1n) is 13.4. The molecule has 210 valence electrons. The van der Waals surface area contributed by atoms with E-state index < -0.39 is 17.2 Å². The minimum Gasteiger partial charge on any atom is -0.382 e. The van der Waals surface area contributed by atoms with E-state index >= 15 is 0 Å². The van der Waals surface area contributed by atoms with Gasteiger partial charge in [0.25, 0.3) is 5.91 Å². The Morgan fingerprint density at radius 2 is 1.85 bits per heavy atom. The number of fused-ring (bicyclic) bond motifs is 1. The standard InChI is InChI=1S/C30H34F2N6O2/c1-17-11-26-23(27(35-36(26)6)25-9-10-33-29(34-25)30(4,5)40)13-22(17)28(39)38-15-18(2)37(14-19(38)3)16-20-7-8-21(31)12-24(20)32/h7-13,18-19,40H,14-16H2,1-6H3/t18-,19+/m0/s1. The van der Waals surface area contributed by atoms with Gasteiger partial charge in [0.05, 0.1) is 11.2 Å². The fourth-order valence-electron chi connectivity index (χ4n) is 5.34. The first-order valence-corrected chi connectivity index (χ1v) is 13.4. The van der Waals surface area contributed by atoms with Crippen molar-refractivity contribution in [3.8, 4) is 11.4 Å². The van der Waals surface area contributed by atoms with E-state index in [0.717, 1.165) is 22.5 Å². The SMILES string of the molecule is Cc1cc2c(cc1C(=O)N1C[C@H](C)N(Cc3ccc(F)cc3F)C[C@H]1C)c(-c1ccnc(C(C)(C)O)n1)nn2C. The summed E-state index contributed by atoms with van der Waals surface area (Å²) in [5.74, 6) is -0.957. The number of aryl methyl sites for hydroxylation is 2. The van der Waals surface area contributed by atoms with E-state index in [1.165, 1.54) is 12.1 Å². The van der Waals surface area contributed by atoms with Gasteiger partial charge in [-0.15, -0.1) is 0 Å². The molecule has 0 bridgehead atoms. The average Bonchev–Trinajstić information content (AvgIpc) is 3.21. The number of carbonyl (C=O) groups excluding carboxylic acids is 1. The molecule has 1 N–H and O–H groups in total. The molecule has 2 atom stereocenters. The molecule has 10 heteroatoms. The van der Waals surface area contributed by atoms with Gasteiger partial charge in [-0.3, -0.25) is 14.4 Å². The van der Waals surface area contributed by atoms with Crippen LogP contribution in [0.5, 0.6) is 0 Å². The van der Waals surface area contributed by atoms with Crippen molar-refractivity contribution >= 4 is 16.8 Å². The molecular weight excluding hydrogens is 514 g/mol. The number of carbonyl (C=O) groups is 1. The second-order valence-electron chi connectivity index (χ2n) is 11.3. The van der Waals surface area contributed by atoms with Crippen molar-refractivity contribution in [2.24, 2.45) is 7.05 Å². The van der Waals surface area contributed by atoms with Crippen LogP contribution >= 0.6 is 0 Å². The van der Waals surface area contributed by atoms with Crippen LogP contribution in [0.1, 0.15) is 55.0 Å². The predicted molar refractivity (Wildman–Crippen MR) is 148 cm³/mol. The normalized spacial score (nSPS) is 18.5. The largest absolute Gasteiger partial charge is 0.382 e. The van der Waals surface area contributed by atoms with Crippen molar-refractivity contribution in [2.75, 3.05) is 13.1 Å². The highest BCUT2D eigenvalue weighted by atomic mass is 19.1. The molecule has 0 aliphatic carbocycles. The summed E-state index contributed by atoms with van der Waals surface area (Å²) in [6, 6.07) is 9.08. The van der Waals surface area contributed by atoms with E-state index in [1.54, 1.807) is 30.8 Å². The third-order valence-electron chi connectivity index (χ3n) is 7.64. The number of nitrogens with zero attached hydrogens (tertiary/aromatic N) is 6. The number of hydrogen-bond acceptors (Lipinski definition) is 6. The van der Waals surface area contributed by atoms with Gasteiger partial charge in [0.1, 0.15) is 22.9 Å². The molecule has 0 radical (unpaired) electrons. The Morgan fingerprint density at radius 3 is 2.55 bits per heavy atom. The molecule has 40 heavy (non-hydrogen) atoms. The second kappa shape index (κ2) is 10.3. The number of rotatable bonds is 5. The summed E-state index contributed by atoms with van der Waals surface area (Å²) in [5.41, 5.74) is 2.66. The van der Waals surface area contributed by atoms with Gasteiger partial charge in [-0.1, -0.05) is 6.07 Å². The fraction of sp³-hybridized carbons (Fsp3) is 0.400. The topological polar surface area (TPSA) is 87.4 Å². The minimum absolute atomic E-state index is 0.0242. The molecule has 0 saturated carbocycles. The molecule has 1 amide bonds. The highest BCUT2D eigenvalue weighted by Crippen LogP contribution is 2.31. The molecule has 4 aromatic rings. The highest BCUT2D eigenvalue weighted by Gasteiger charge is 2.34. The van der Waals surface area contributed by atoms with Crippen LogP contribution < -0.4 is 0 Å². The Labute approximate surface area is 232 Å². The van der Waals surface area contributed by atoms with Crippen molar-refractivity contribution in [1.29, 1.82) is 0 Å². The summed E-state index contributed by atoms with van der Waals surface area (Å²) in [6.45, 7) is 10.5. The second-order valence-corrected chi connectivity index (χ2v) is 11.3. The van der Waals surface area contributed by atoms with Gasteiger partial charge < -0.3 is 10.0 Å². The van der Waals surface area contributed by atoms with Crippen LogP contribution in [-0.2, 0) is 19.2 Å². The zero-order valence-electron chi connectivity index (χ0n) is 23.6. The number of aliphatic hydroxyl groups is 1. The summed E-state index contributed by atoms with van der Waals surface area (Å²) in [6.07, 6.45) is 1.59. The van der Waals surface area contributed by atoms with E-state index in [4.69, 9.17) is 0 Å². The van der Waals surface area contributed by atoms with Crippen LogP contribution in [0.4, 0.5) is 8.78 Å². The monoisotopic (exact) mass is 548 g/mol. The van der Waals surface area contributed by atoms with Gasteiger partial charge in [-0.2, -0.15) is 5.10 Å². The zero-order chi connectivity index (χ0) is 28.9. The quantitative estimate of drug-likeness (QED) is 0.393. The molecule has 2 aromatic heterocycles. The van der Waals surface area contributed by atoms with Gasteiger partial charge in [-0.05, 0) is 64.4 Å². The molecule has 8 nitrogen and oxygen atoms in total. The van der Waals surface area contributed by atoms with Crippen LogP contribution in [0.2, 0.25) is 0 Å². The molecule has 1 saturated heterocycles. The van der Waals surface area contributed by atoms with Crippen molar-refractivity contribution in [2.45, 2.75) is 58.8 Å². The van der Waals surface area contributed by atoms with Crippen LogP contribution in [0.25, 0.3) is 22.3 Å². The summed E-state index contributed by atoms with van der Waals surface area (Å²) in [5, 5.41) is 15.9. The van der Waals surface area contributed by atoms with Gasteiger partial charge in [0.15, 0.2) is 5.82 Å². The zero-order valence-corrected chi connectivity index (χ0v) is 23.6. The van der Waals surface area contributed by atoms with Crippen LogP contribution in [0.3, 0.4) is 0 Å². The molecule has 0 unspecified atom stereocenters. The van der Waals surface area contributed by atoms with E-state index in [0.29, 0.717) is 42.1 Å². The molecule has 0 spiro atoms. The maximum atomic E-state index is 14.3. The minimum atomic E-state index is -1.21. The third kappa shape index (κ3) is 5.21. The maximum absolute atomic E-state index is 14.3. The number of amides is 1. The predicted octanol–water partition coefficient (Wildman–Crippen LogP) is 4.58. The Kier molecular flexibility index (Phi) is 7.18. The number of benzene rings is 2. The molecule has 1 aliphatic rings. The van der Waals surface area contributed by atoms with Gasteiger partial charge in [0, 0.05) is 67.5 Å². The van der Waals surface area contributed by atoms with Crippen LogP contribution in [0, 0.1) is 18.6 Å². The number of aromatic nitrogens is 4. The fourth-order valence-corrected chi connectivity index (χ4v) is 5.34. The van der Waals surface area contributed by atoms with Crippen molar-refractivity contribution in [3.63, 3.8) is 0 Å². The number of piperazine rings is 1. The molecular formula is C30H34F2N6O2. The first-order chi connectivity index (χ1) is 18.8. The van der Waals surface area contributed by atoms with E-state index in [1.807, 2.05) is 44.9 Å². The van der Waals surface area contributed by atoms with Gasteiger partial charge in [-0.25, -0.2) is 18.7 Å². The van der Waals surface area contributed by atoms with E-state index in [9.17, 15) is 18.7 Å². The summed E-state index contributed by atoms with van der Waals surface area (Å²) < 4.78 is 29.4. The summed E-state index contributed by atoms with van der Waals surface area (Å²) in [4.78, 5) is 26.7. The van der Waals surface area contributed by atoms with Crippen LogP contribution in [-0.4, -0.2) is 65.7 Å². The Morgan fingerprint density at radius 1 is 1.10 bits per heavy atom. The van der Waals surface area contributed by atoms with Crippen molar-refractivity contribution in [3.05, 3.63) is 76.7 Å². The first kappa shape index (κ1) is 27.8. The maximum Gasteiger partial charge on any atom is 0.254 e. The third-order valence-corrected chi connectivity index (χ3v) is 7.64. The molecule has 2 aromatic carbocycles. The summed E-state index contributed by atoms with van der Waals surface area (Å²) >= 11 is 0. The Balaban J connectivity index is 1.44. The smallest absolute Gasteiger partial charge is 0.254 e. The van der Waals surface area contributed by atoms with Gasteiger partial charge >= 0.3 is 0 Å². The lowest BCUT2D eigenvalue weighted by Crippen LogP contribution is -2.57. The number of hydrogen-bond donors (Lipinski definition) is 1. The lowest BCUT2D eigenvalue weighted by atomic mass is 10.00. The average molecular weight is 549 g/mol. The van der Waals surface area contributed by atoms with E-state index in [2.05, 4.69) is 20.0 Å². The highest BCUT2D eigenvalue weighted by molar-refractivity contribution is 6.03. The van der Waals surface area contributed by atoms with Crippen molar-refractivity contribution in [1.82, 2.24) is 29.5 Å². The molecule has 1 aliphatic heterocycles. The van der Waals surface area contributed by atoms with Crippen LogP contribution in [0.15, 0.2) is 42.6 Å². The molecule has 5 rings (SSSR count). The van der Waals surface area contributed by atoms with Gasteiger partial charge in [0.2, 0.25) is 0 Å². The lowest BCUT2D eigenvalue weighted by Gasteiger charge is -2.44. The Hall–Kier alpha value is -3.76. The Bertz CT molecular complexity index is 1600. The van der Waals surface area contributed by atoms with E-state index in [-0.39, 0.29) is 23.8 Å². The number of halogens is 2. The molecule has 3 heterocycles. The van der Waals surface area contributed by atoms with Crippen molar-refractivity contribution < 1.29 is 18.7 Å².